The van der Waals surface area contributed by atoms with Crippen LogP contribution in [0.3, 0.4) is 0 Å². The summed E-state index contributed by atoms with van der Waals surface area (Å²) in [6.45, 7) is 1.09. The summed E-state index contributed by atoms with van der Waals surface area (Å²) in [6.07, 6.45) is -2.36. The van der Waals surface area contributed by atoms with E-state index >= 15 is 0 Å². The van der Waals surface area contributed by atoms with Crippen LogP contribution in [0.2, 0.25) is 0 Å². The number of carbonyl (C=O) groups is 1. The Bertz CT molecular complexity index is 695. The van der Waals surface area contributed by atoms with Gasteiger partial charge in [0.25, 0.3) is 0 Å². The molecule has 1 N–H and O–H groups in total. The third-order valence-corrected chi connectivity index (χ3v) is 3.53. The van der Waals surface area contributed by atoms with E-state index in [-0.39, 0.29) is 11.8 Å². The van der Waals surface area contributed by atoms with Gasteiger partial charge in [0, 0.05) is 31.0 Å². The summed E-state index contributed by atoms with van der Waals surface area (Å²) in [5, 5.41) is 10.6. The third-order valence-electron chi connectivity index (χ3n) is 3.53. The molecular formula is C14H13F3N4O. The van der Waals surface area contributed by atoms with Crippen LogP contribution in [0.1, 0.15) is 12.0 Å². The highest BCUT2D eigenvalue weighted by Gasteiger charge is 2.30. The predicted molar refractivity (Wildman–Crippen MR) is 71.6 cm³/mol. The van der Waals surface area contributed by atoms with Gasteiger partial charge in [-0.25, -0.2) is 0 Å². The summed E-state index contributed by atoms with van der Waals surface area (Å²) in [5.74, 6) is 0.131. The molecular weight excluding hydrogens is 297 g/mol. The molecule has 1 aliphatic rings. The van der Waals surface area contributed by atoms with Gasteiger partial charge in [-0.15, -0.1) is 5.10 Å². The van der Waals surface area contributed by atoms with E-state index in [9.17, 15) is 18.0 Å². The molecule has 1 atom stereocenters. The molecule has 1 aliphatic heterocycles. The van der Waals surface area contributed by atoms with Gasteiger partial charge in [0.2, 0.25) is 5.91 Å². The van der Waals surface area contributed by atoms with Gasteiger partial charge < -0.3 is 5.32 Å². The lowest BCUT2D eigenvalue weighted by molar-refractivity contribution is -0.137. The molecule has 1 amide bonds. The van der Waals surface area contributed by atoms with Crippen molar-refractivity contribution < 1.29 is 18.0 Å². The van der Waals surface area contributed by atoms with Crippen molar-refractivity contribution in [2.45, 2.75) is 19.1 Å². The maximum atomic E-state index is 12.7. The quantitative estimate of drug-likeness (QED) is 0.944. The Morgan fingerprint density at radius 3 is 2.86 bits per heavy atom. The van der Waals surface area contributed by atoms with Crippen molar-refractivity contribution in [1.82, 2.24) is 20.3 Å². The number of aromatic nitrogens is 3. The van der Waals surface area contributed by atoms with Crippen molar-refractivity contribution in [1.29, 1.82) is 0 Å². The molecule has 3 rings (SSSR count). The highest BCUT2D eigenvalue weighted by molar-refractivity contribution is 5.78. The van der Waals surface area contributed by atoms with Gasteiger partial charge in [-0.05, 0) is 12.1 Å². The number of hydrogen-bond donors (Lipinski definition) is 1. The minimum Gasteiger partial charge on any atom is -0.356 e. The minimum atomic E-state index is -4.39. The number of benzene rings is 1. The molecule has 0 aliphatic carbocycles. The van der Waals surface area contributed by atoms with Gasteiger partial charge in [0.15, 0.2) is 0 Å². The van der Waals surface area contributed by atoms with Crippen LogP contribution >= 0.6 is 0 Å². The lowest BCUT2D eigenvalue weighted by atomic mass is 10.1. The second kappa shape index (κ2) is 5.43. The molecule has 1 aromatic heterocycles. The summed E-state index contributed by atoms with van der Waals surface area (Å²) in [5.41, 5.74) is 0.0234. The van der Waals surface area contributed by atoms with Crippen molar-refractivity contribution >= 4 is 5.91 Å². The van der Waals surface area contributed by atoms with E-state index in [0.29, 0.717) is 30.8 Å². The highest BCUT2D eigenvalue weighted by atomic mass is 19.4. The lowest BCUT2D eigenvalue weighted by Crippen LogP contribution is -2.16. The topological polar surface area (TPSA) is 59.8 Å². The van der Waals surface area contributed by atoms with Gasteiger partial charge in [-0.3, -0.25) is 9.48 Å². The fraction of sp³-hybridized carbons (Fsp3) is 0.357. The molecule has 2 aromatic rings. The monoisotopic (exact) mass is 310 g/mol. The molecule has 1 aromatic carbocycles. The summed E-state index contributed by atoms with van der Waals surface area (Å²) < 4.78 is 39.7. The largest absolute Gasteiger partial charge is 0.416 e. The van der Waals surface area contributed by atoms with Crippen molar-refractivity contribution in [2.75, 3.05) is 6.54 Å². The van der Waals surface area contributed by atoms with Crippen molar-refractivity contribution in [3.63, 3.8) is 0 Å². The molecule has 0 saturated carbocycles. The normalized spacial score (nSPS) is 18.5. The van der Waals surface area contributed by atoms with E-state index in [2.05, 4.69) is 15.6 Å². The SMILES string of the molecule is O=C1C[C@H](Cn2cc(-c3cccc(C(F)(F)F)c3)nn2)CN1. The first-order valence-corrected chi connectivity index (χ1v) is 6.76. The molecule has 1 saturated heterocycles. The Balaban J connectivity index is 1.77. The van der Waals surface area contributed by atoms with E-state index in [1.807, 2.05) is 0 Å². The van der Waals surface area contributed by atoms with Crippen LogP contribution in [0.15, 0.2) is 30.5 Å². The lowest BCUT2D eigenvalue weighted by Gasteiger charge is -2.07. The first kappa shape index (κ1) is 14.6. The summed E-state index contributed by atoms with van der Waals surface area (Å²) in [4.78, 5) is 11.1. The summed E-state index contributed by atoms with van der Waals surface area (Å²) in [7, 11) is 0. The number of amides is 1. The fourth-order valence-electron chi connectivity index (χ4n) is 2.43. The van der Waals surface area contributed by atoms with Crippen molar-refractivity contribution in [3.8, 4) is 11.3 Å². The summed E-state index contributed by atoms with van der Waals surface area (Å²) in [6, 6.07) is 4.97. The Kier molecular flexibility index (Phi) is 3.59. The van der Waals surface area contributed by atoms with E-state index in [4.69, 9.17) is 0 Å². The molecule has 0 radical (unpaired) electrons. The molecule has 1 fully saturated rings. The molecule has 116 valence electrons. The Morgan fingerprint density at radius 1 is 1.36 bits per heavy atom. The predicted octanol–water partition coefficient (Wildman–Crippen LogP) is 2.10. The second-order valence-corrected chi connectivity index (χ2v) is 5.28. The van der Waals surface area contributed by atoms with E-state index in [0.717, 1.165) is 12.1 Å². The minimum absolute atomic E-state index is 0.00298. The van der Waals surface area contributed by atoms with Crippen LogP contribution in [0, 0.1) is 5.92 Å². The molecule has 2 heterocycles. The zero-order chi connectivity index (χ0) is 15.7. The average Bonchev–Trinajstić information content (AvgIpc) is 3.08. The Hall–Kier alpha value is -2.38. The zero-order valence-corrected chi connectivity index (χ0v) is 11.5. The second-order valence-electron chi connectivity index (χ2n) is 5.28. The van der Waals surface area contributed by atoms with Crippen molar-refractivity contribution in [3.05, 3.63) is 36.0 Å². The maximum absolute atomic E-state index is 12.7. The molecule has 22 heavy (non-hydrogen) atoms. The molecule has 0 unspecified atom stereocenters. The van der Waals surface area contributed by atoms with Gasteiger partial charge in [0.05, 0.1) is 11.8 Å². The molecule has 8 heteroatoms. The number of nitrogens with one attached hydrogen (secondary N) is 1. The van der Waals surface area contributed by atoms with E-state index < -0.39 is 11.7 Å². The average molecular weight is 310 g/mol. The fourth-order valence-corrected chi connectivity index (χ4v) is 2.43. The first-order chi connectivity index (χ1) is 10.4. The first-order valence-electron chi connectivity index (χ1n) is 6.76. The third kappa shape index (κ3) is 3.10. The molecule has 0 spiro atoms. The van der Waals surface area contributed by atoms with Gasteiger partial charge >= 0.3 is 6.18 Å². The smallest absolute Gasteiger partial charge is 0.356 e. The maximum Gasteiger partial charge on any atom is 0.416 e. The van der Waals surface area contributed by atoms with Crippen LogP contribution in [-0.4, -0.2) is 27.4 Å². The van der Waals surface area contributed by atoms with E-state index in [1.165, 1.54) is 6.07 Å². The highest BCUT2D eigenvalue weighted by Crippen LogP contribution is 2.31. The van der Waals surface area contributed by atoms with Gasteiger partial charge in [-0.1, -0.05) is 17.3 Å². The van der Waals surface area contributed by atoms with Crippen LogP contribution in [0.4, 0.5) is 13.2 Å². The van der Waals surface area contributed by atoms with Crippen LogP contribution < -0.4 is 5.32 Å². The van der Waals surface area contributed by atoms with Crippen LogP contribution in [0.5, 0.6) is 0 Å². The van der Waals surface area contributed by atoms with Gasteiger partial charge in [-0.2, -0.15) is 13.2 Å². The zero-order valence-electron chi connectivity index (χ0n) is 11.5. The van der Waals surface area contributed by atoms with Crippen LogP contribution in [0.25, 0.3) is 11.3 Å². The number of carbonyl (C=O) groups excluding carboxylic acids is 1. The standard InChI is InChI=1S/C14H13F3N4O/c15-14(16,17)11-3-1-2-10(5-11)12-8-21(20-19-12)7-9-4-13(22)18-6-9/h1-3,5,8-9H,4,6-7H2,(H,18,22)/t9-/m0/s1. The number of rotatable bonds is 3. The van der Waals surface area contributed by atoms with Crippen molar-refractivity contribution in [2.24, 2.45) is 5.92 Å². The Labute approximate surface area is 124 Å². The summed E-state index contributed by atoms with van der Waals surface area (Å²) >= 11 is 0. The number of hydrogen-bond acceptors (Lipinski definition) is 3. The van der Waals surface area contributed by atoms with Crippen LogP contribution in [-0.2, 0) is 17.5 Å². The Morgan fingerprint density at radius 2 is 2.18 bits per heavy atom. The number of alkyl halides is 3. The number of halogens is 3. The number of nitrogens with zero attached hydrogens (tertiary/aromatic N) is 3. The molecule has 5 nitrogen and oxygen atoms in total. The van der Waals surface area contributed by atoms with Gasteiger partial charge in [0.1, 0.15) is 5.69 Å². The molecule has 0 bridgehead atoms. The van der Waals surface area contributed by atoms with E-state index in [1.54, 1.807) is 16.9 Å².